The van der Waals surface area contributed by atoms with E-state index in [1.807, 2.05) is 24.3 Å². The molecule has 0 saturated heterocycles. The first kappa shape index (κ1) is 29.3. The Morgan fingerprint density at radius 1 is 1.20 bits per heavy atom. The van der Waals surface area contributed by atoms with Crippen molar-refractivity contribution in [1.82, 2.24) is 10.9 Å². The highest BCUT2D eigenvalue weighted by Crippen LogP contribution is 2.44. The lowest BCUT2D eigenvalue weighted by Crippen LogP contribution is -2.52. The topological polar surface area (TPSA) is 141 Å². The van der Waals surface area contributed by atoms with Crippen LogP contribution in [0, 0.1) is 5.82 Å². The summed E-state index contributed by atoms with van der Waals surface area (Å²) in [5, 5.41) is 12.7. The molecule has 2 atom stereocenters. The van der Waals surface area contributed by atoms with Crippen molar-refractivity contribution < 1.29 is 23.8 Å². The van der Waals surface area contributed by atoms with Gasteiger partial charge in [0.25, 0.3) is 5.91 Å². The molecule has 4 rings (SSSR count). The summed E-state index contributed by atoms with van der Waals surface area (Å²) >= 11 is 0. The van der Waals surface area contributed by atoms with Gasteiger partial charge in [0.05, 0.1) is 13.2 Å². The van der Waals surface area contributed by atoms with Crippen LogP contribution in [0.25, 0.3) is 10.4 Å². The van der Waals surface area contributed by atoms with Crippen LogP contribution in [-0.2, 0) is 22.6 Å². The normalized spacial score (nSPS) is 17.6. The molecule has 0 unspecified atom stereocenters. The van der Waals surface area contributed by atoms with Crippen molar-refractivity contribution in [3.8, 4) is 5.75 Å². The lowest BCUT2D eigenvalue weighted by molar-refractivity contribution is -0.129. The summed E-state index contributed by atoms with van der Waals surface area (Å²) in [4.78, 5) is 21.6. The molecule has 0 bridgehead atoms. The van der Waals surface area contributed by atoms with Gasteiger partial charge in [0, 0.05) is 36.5 Å². The van der Waals surface area contributed by atoms with E-state index in [-0.39, 0.29) is 37.8 Å². The van der Waals surface area contributed by atoms with E-state index in [0.29, 0.717) is 35.5 Å². The Hall–Kier alpha value is -4.70. The van der Waals surface area contributed by atoms with Crippen LogP contribution in [0.1, 0.15) is 41.2 Å². The van der Waals surface area contributed by atoms with Crippen LogP contribution in [0.2, 0.25) is 0 Å². The molecule has 3 N–H and O–H groups in total. The summed E-state index contributed by atoms with van der Waals surface area (Å²) in [6.07, 6.45) is 1.40. The Labute approximate surface area is 237 Å². The molecule has 0 spiro atoms. The minimum Gasteiger partial charge on any atom is -0.494 e. The van der Waals surface area contributed by atoms with Crippen molar-refractivity contribution in [1.29, 1.82) is 0 Å². The van der Waals surface area contributed by atoms with E-state index in [1.54, 1.807) is 42.5 Å². The maximum Gasteiger partial charge on any atom is 0.266 e. The van der Waals surface area contributed by atoms with Crippen molar-refractivity contribution in [3.63, 3.8) is 0 Å². The SMILES string of the molecule is C=CC[C@]1(C(=O)NNCc2ccc(F)cc2)N=C(c2ccc(OCCCO)cc2)O[C@H]1c1ccccc1CN=[N+]=[N-]. The van der Waals surface area contributed by atoms with E-state index in [1.165, 1.54) is 12.1 Å². The zero-order valence-corrected chi connectivity index (χ0v) is 22.4. The second kappa shape index (κ2) is 14.1. The van der Waals surface area contributed by atoms with Gasteiger partial charge in [0.15, 0.2) is 11.6 Å². The molecule has 10 nitrogen and oxygen atoms in total. The fourth-order valence-electron chi connectivity index (χ4n) is 4.49. The number of halogens is 1. The second-order valence-corrected chi connectivity index (χ2v) is 9.30. The van der Waals surface area contributed by atoms with Crippen LogP contribution in [0.3, 0.4) is 0 Å². The second-order valence-electron chi connectivity index (χ2n) is 9.30. The van der Waals surface area contributed by atoms with Gasteiger partial charge in [-0.15, -0.1) is 6.58 Å². The first-order valence-corrected chi connectivity index (χ1v) is 13.1. The van der Waals surface area contributed by atoms with Gasteiger partial charge < -0.3 is 14.6 Å². The smallest absolute Gasteiger partial charge is 0.266 e. The number of amides is 1. The van der Waals surface area contributed by atoms with E-state index >= 15 is 0 Å². The third-order valence-electron chi connectivity index (χ3n) is 6.54. The molecular formula is C30H31FN6O4. The number of nitrogens with one attached hydrogen (secondary N) is 2. The van der Waals surface area contributed by atoms with Gasteiger partial charge in [-0.05, 0) is 58.6 Å². The molecule has 1 amide bonds. The maximum atomic E-state index is 13.9. The Kier molecular flexibility index (Phi) is 10.1. The Morgan fingerprint density at radius 3 is 2.66 bits per heavy atom. The third kappa shape index (κ3) is 7.09. The van der Waals surface area contributed by atoms with E-state index in [4.69, 9.17) is 25.1 Å². The Bertz CT molecular complexity index is 1420. The fourth-order valence-corrected chi connectivity index (χ4v) is 4.49. The standard InChI is InChI=1S/C30H31FN6O4/c1-2-16-30(29(39)36-33-19-21-8-12-24(31)13-9-21)27(26-7-4-3-6-23(26)20-34-37-32)41-28(35-30)22-10-14-25(15-11-22)40-18-5-17-38/h2-4,6-15,27,33,38H,1,5,16-20H2,(H,36,39)/t27-,30-/m0/s1. The average molecular weight is 559 g/mol. The van der Waals surface area contributed by atoms with Crippen LogP contribution in [0.4, 0.5) is 4.39 Å². The van der Waals surface area contributed by atoms with Gasteiger partial charge in [-0.3, -0.25) is 10.2 Å². The maximum absolute atomic E-state index is 13.9. The number of aliphatic hydroxyl groups is 1. The molecule has 3 aromatic carbocycles. The van der Waals surface area contributed by atoms with E-state index in [2.05, 4.69) is 27.5 Å². The summed E-state index contributed by atoms with van der Waals surface area (Å²) in [5.41, 5.74) is 15.9. The van der Waals surface area contributed by atoms with Gasteiger partial charge >= 0.3 is 0 Å². The van der Waals surface area contributed by atoms with Crippen molar-refractivity contribution >= 4 is 11.8 Å². The van der Waals surface area contributed by atoms with Crippen LogP contribution in [0.15, 0.2) is 95.6 Å². The molecule has 1 heterocycles. The van der Waals surface area contributed by atoms with Crippen LogP contribution < -0.4 is 15.6 Å². The lowest BCUT2D eigenvalue weighted by Gasteiger charge is -2.30. The number of hydrogen-bond donors (Lipinski definition) is 3. The number of aliphatic hydroxyl groups excluding tert-OH is 1. The van der Waals surface area contributed by atoms with Gasteiger partial charge in [-0.25, -0.2) is 14.8 Å². The number of benzene rings is 3. The summed E-state index contributed by atoms with van der Waals surface area (Å²) in [5.74, 6) is 0.0740. The molecule has 0 aromatic heterocycles. The molecular weight excluding hydrogens is 527 g/mol. The number of rotatable bonds is 14. The average Bonchev–Trinajstić information content (AvgIpc) is 3.38. The summed E-state index contributed by atoms with van der Waals surface area (Å²) < 4.78 is 25.3. The van der Waals surface area contributed by atoms with Crippen LogP contribution >= 0.6 is 0 Å². The number of nitrogens with zero attached hydrogens (tertiary/aromatic N) is 4. The van der Waals surface area contributed by atoms with Crippen molar-refractivity contribution in [2.45, 2.75) is 37.6 Å². The molecule has 212 valence electrons. The number of carbonyl (C=O) groups is 1. The van der Waals surface area contributed by atoms with Gasteiger partial charge in [-0.1, -0.05) is 47.6 Å². The first-order valence-electron chi connectivity index (χ1n) is 13.1. The van der Waals surface area contributed by atoms with Gasteiger partial charge in [0.1, 0.15) is 11.6 Å². The number of hydrazine groups is 1. The molecule has 1 aliphatic rings. The minimum atomic E-state index is -1.45. The van der Waals surface area contributed by atoms with Crippen LogP contribution in [-0.4, -0.2) is 35.7 Å². The lowest BCUT2D eigenvalue weighted by atomic mass is 9.83. The van der Waals surface area contributed by atoms with E-state index in [9.17, 15) is 9.18 Å². The predicted molar refractivity (Wildman–Crippen MR) is 152 cm³/mol. The van der Waals surface area contributed by atoms with Gasteiger partial charge in [-0.2, -0.15) is 0 Å². The number of ether oxygens (including phenoxy) is 2. The summed E-state index contributed by atoms with van der Waals surface area (Å²) in [6, 6.07) is 20.3. The van der Waals surface area contributed by atoms with Crippen LogP contribution in [0.5, 0.6) is 5.75 Å². The molecule has 0 radical (unpaired) electrons. The molecule has 0 saturated carbocycles. The predicted octanol–water partition coefficient (Wildman–Crippen LogP) is 5.05. The third-order valence-corrected chi connectivity index (χ3v) is 6.54. The largest absolute Gasteiger partial charge is 0.494 e. The molecule has 3 aromatic rings. The van der Waals surface area contributed by atoms with Crippen molar-refractivity contribution in [2.24, 2.45) is 10.1 Å². The number of aliphatic imine (C=N–C) groups is 1. The molecule has 11 heteroatoms. The Morgan fingerprint density at radius 2 is 1.95 bits per heavy atom. The highest BCUT2D eigenvalue weighted by Gasteiger charge is 2.53. The summed E-state index contributed by atoms with van der Waals surface area (Å²) in [7, 11) is 0. The fraction of sp³-hybridized carbons (Fsp3) is 0.267. The van der Waals surface area contributed by atoms with Crippen molar-refractivity contribution in [2.75, 3.05) is 13.2 Å². The molecule has 0 fully saturated rings. The zero-order valence-electron chi connectivity index (χ0n) is 22.4. The molecule has 41 heavy (non-hydrogen) atoms. The zero-order chi connectivity index (χ0) is 29.1. The van der Waals surface area contributed by atoms with E-state index < -0.39 is 17.6 Å². The van der Waals surface area contributed by atoms with Crippen molar-refractivity contribution in [3.05, 3.63) is 124 Å². The Balaban J connectivity index is 1.67. The highest BCUT2D eigenvalue weighted by atomic mass is 19.1. The number of hydrogen-bond acceptors (Lipinski definition) is 7. The van der Waals surface area contributed by atoms with Gasteiger partial charge in [0.2, 0.25) is 5.90 Å². The molecule has 0 aliphatic carbocycles. The quantitative estimate of drug-likeness (QED) is 0.0634. The molecule has 1 aliphatic heterocycles. The minimum absolute atomic E-state index is 0.0392. The highest BCUT2D eigenvalue weighted by molar-refractivity contribution is 6.01. The van der Waals surface area contributed by atoms with E-state index in [0.717, 1.165) is 5.56 Å². The summed E-state index contributed by atoms with van der Waals surface area (Å²) in [6.45, 7) is 4.61. The number of carbonyl (C=O) groups excluding carboxylic acids is 1. The monoisotopic (exact) mass is 558 g/mol. The first-order chi connectivity index (χ1) is 20.0. The number of azide groups is 1.